The first-order valence-electron chi connectivity index (χ1n) is 7.44. The number of methoxy groups -OCH3 is 1. The van der Waals surface area contributed by atoms with Crippen molar-refractivity contribution in [3.05, 3.63) is 22.2 Å². The molecule has 0 aliphatic carbocycles. The number of benzene rings is 1. The maximum absolute atomic E-state index is 12.2. The highest BCUT2D eigenvalue weighted by Crippen LogP contribution is 2.36. The van der Waals surface area contributed by atoms with Gasteiger partial charge in [0.15, 0.2) is 11.5 Å². The summed E-state index contributed by atoms with van der Waals surface area (Å²) in [6, 6.07) is 3.30. The van der Waals surface area contributed by atoms with Gasteiger partial charge in [0, 0.05) is 6.61 Å². The van der Waals surface area contributed by atoms with Gasteiger partial charge in [-0.3, -0.25) is 0 Å². The van der Waals surface area contributed by atoms with Gasteiger partial charge >= 0.3 is 5.97 Å². The molecule has 122 valence electrons. The molecule has 1 aliphatic heterocycles. The van der Waals surface area contributed by atoms with Gasteiger partial charge in [-0.2, -0.15) is 0 Å². The van der Waals surface area contributed by atoms with Crippen LogP contribution in [0.2, 0.25) is 0 Å². The molecule has 0 amide bonds. The first kappa shape index (κ1) is 17.1. The Morgan fingerprint density at radius 3 is 2.86 bits per heavy atom. The van der Waals surface area contributed by atoms with E-state index in [2.05, 4.69) is 15.9 Å². The van der Waals surface area contributed by atoms with E-state index in [-0.39, 0.29) is 12.7 Å². The summed E-state index contributed by atoms with van der Waals surface area (Å²) in [5.41, 5.74) is 0.419. The van der Waals surface area contributed by atoms with Gasteiger partial charge in [-0.25, -0.2) is 4.79 Å². The Bertz CT molecular complexity index is 512. The topological polar surface area (TPSA) is 54.0 Å². The second-order valence-electron chi connectivity index (χ2n) is 5.01. The lowest BCUT2D eigenvalue weighted by Gasteiger charge is -2.22. The number of rotatable bonds is 6. The van der Waals surface area contributed by atoms with Crippen LogP contribution in [0.1, 0.15) is 36.5 Å². The summed E-state index contributed by atoms with van der Waals surface area (Å²) in [6.45, 7) is 3.42. The number of esters is 1. The summed E-state index contributed by atoms with van der Waals surface area (Å²) < 4.78 is 22.3. The van der Waals surface area contributed by atoms with E-state index in [1.165, 1.54) is 7.11 Å². The fourth-order valence-electron chi connectivity index (χ4n) is 2.31. The van der Waals surface area contributed by atoms with E-state index in [4.69, 9.17) is 18.9 Å². The molecule has 1 heterocycles. The molecule has 22 heavy (non-hydrogen) atoms. The van der Waals surface area contributed by atoms with Gasteiger partial charge in [0.25, 0.3) is 0 Å². The van der Waals surface area contributed by atoms with Crippen LogP contribution < -0.4 is 9.47 Å². The second kappa shape index (κ2) is 8.39. The Hall–Kier alpha value is -1.27. The van der Waals surface area contributed by atoms with Crippen molar-refractivity contribution in [1.29, 1.82) is 0 Å². The zero-order valence-corrected chi connectivity index (χ0v) is 14.5. The van der Waals surface area contributed by atoms with Crippen LogP contribution in [0.15, 0.2) is 16.6 Å². The summed E-state index contributed by atoms with van der Waals surface area (Å²) >= 11 is 3.40. The smallest absolute Gasteiger partial charge is 0.338 e. The van der Waals surface area contributed by atoms with Crippen LogP contribution in [-0.2, 0) is 9.47 Å². The summed E-state index contributed by atoms with van der Waals surface area (Å²) in [5, 5.41) is 0. The summed E-state index contributed by atoms with van der Waals surface area (Å²) in [7, 11) is 1.54. The Morgan fingerprint density at radius 1 is 1.41 bits per heavy atom. The molecule has 1 aliphatic rings. The van der Waals surface area contributed by atoms with Gasteiger partial charge in [0.05, 0.1) is 29.9 Å². The highest BCUT2D eigenvalue weighted by atomic mass is 79.9. The molecule has 1 unspecified atom stereocenters. The number of carbonyl (C=O) groups excluding carboxylic acids is 1. The molecular formula is C16H21BrO5. The predicted molar refractivity (Wildman–Crippen MR) is 85.7 cm³/mol. The third-order valence-corrected chi connectivity index (χ3v) is 4.02. The van der Waals surface area contributed by atoms with Crippen LogP contribution in [0.4, 0.5) is 0 Å². The maximum Gasteiger partial charge on any atom is 0.338 e. The lowest BCUT2D eigenvalue weighted by molar-refractivity contribution is -0.0300. The van der Waals surface area contributed by atoms with Gasteiger partial charge in [0.1, 0.15) is 6.61 Å². The lowest BCUT2D eigenvalue weighted by Crippen LogP contribution is -2.26. The second-order valence-corrected chi connectivity index (χ2v) is 5.86. The van der Waals surface area contributed by atoms with Crippen LogP contribution >= 0.6 is 15.9 Å². The SMILES string of the molecule is CCOc1c(Br)cc(C(=O)OCC2CCCCO2)cc1OC. The fourth-order valence-corrected chi connectivity index (χ4v) is 2.87. The molecular weight excluding hydrogens is 352 g/mol. The normalized spacial score (nSPS) is 17.9. The van der Waals surface area contributed by atoms with E-state index >= 15 is 0 Å². The molecule has 0 N–H and O–H groups in total. The summed E-state index contributed by atoms with van der Waals surface area (Å²) in [6.07, 6.45) is 3.13. The van der Waals surface area contributed by atoms with Gasteiger partial charge in [-0.1, -0.05) is 0 Å². The average molecular weight is 373 g/mol. The molecule has 0 radical (unpaired) electrons. The Morgan fingerprint density at radius 2 is 2.23 bits per heavy atom. The van der Waals surface area contributed by atoms with Crippen LogP contribution in [0.5, 0.6) is 11.5 Å². The number of halogens is 1. The number of carbonyl (C=O) groups is 1. The largest absolute Gasteiger partial charge is 0.493 e. The van der Waals surface area contributed by atoms with Gasteiger partial charge < -0.3 is 18.9 Å². The number of hydrogen-bond donors (Lipinski definition) is 0. The van der Waals surface area contributed by atoms with E-state index in [0.717, 1.165) is 25.9 Å². The molecule has 1 fully saturated rings. The van der Waals surface area contributed by atoms with Gasteiger partial charge in [-0.15, -0.1) is 0 Å². The molecule has 1 atom stereocenters. The molecule has 0 spiro atoms. The number of ether oxygens (including phenoxy) is 4. The molecule has 6 heteroatoms. The molecule has 1 saturated heterocycles. The zero-order valence-electron chi connectivity index (χ0n) is 12.9. The van der Waals surface area contributed by atoms with Gasteiger partial charge in [-0.05, 0) is 54.2 Å². The van der Waals surface area contributed by atoms with E-state index in [1.807, 2.05) is 6.92 Å². The van der Waals surface area contributed by atoms with E-state index < -0.39 is 5.97 Å². The Labute approximate surface area is 139 Å². The summed E-state index contributed by atoms with van der Waals surface area (Å²) in [5.74, 6) is 0.686. The predicted octanol–water partition coefficient (Wildman–Crippen LogP) is 3.58. The van der Waals surface area contributed by atoms with Crippen molar-refractivity contribution in [2.45, 2.75) is 32.3 Å². The minimum absolute atomic E-state index is 0.00531. The minimum Gasteiger partial charge on any atom is -0.493 e. The monoisotopic (exact) mass is 372 g/mol. The molecule has 0 saturated carbocycles. The molecule has 5 nitrogen and oxygen atoms in total. The van der Waals surface area contributed by atoms with Crippen molar-refractivity contribution in [2.75, 3.05) is 26.9 Å². The Balaban J connectivity index is 2.04. The fraction of sp³-hybridized carbons (Fsp3) is 0.562. The minimum atomic E-state index is -0.392. The standard InChI is InChI=1S/C16H21BrO5/c1-3-20-15-13(17)8-11(9-14(15)19-2)16(18)22-10-12-6-4-5-7-21-12/h8-9,12H,3-7,10H2,1-2H3. The van der Waals surface area contributed by atoms with Crippen LogP contribution in [0, 0.1) is 0 Å². The summed E-state index contributed by atoms with van der Waals surface area (Å²) in [4.78, 5) is 12.2. The molecule has 1 aromatic rings. The highest BCUT2D eigenvalue weighted by Gasteiger charge is 2.19. The molecule has 1 aromatic carbocycles. The first-order chi connectivity index (χ1) is 10.7. The van der Waals surface area contributed by atoms with Crippen LogP contribution in [0.3, 0.4) is 0 Å². The van der Waals surface area contributed by atoms with E-state index in [1.54, 1.807) is 12.1 Å². The van der Waals surface area contributed by atoms with Crippen LogP contribution in [-0.4, -0.2) is 39.0 Å². The average Bonchev–Trinajstić information content (AvgIpc) is 2.55. The number of hydrogen-bond acceptors (Lipinski definition) is 5. The van der Waals surface area contributed by atoms with Crippen LogP contribution in [0.25, 0.3) is 0 Å². The van der Waals surface area contributed by atoms with Crippen molar-refractivity contribution in [3.8, 4) is 11.5 Å². The zero-order chi connectivity index (χ0) is 15.9. The van der Waals surface area contributed by atoms with Crippen molar-refractivity contribution < 1.29 is 23.7 Å². The van der Waals surface area contributed by atoms with Gasteiger partial charge in [0.2, 0.25) is 0 Å². The highest BCUT2D eigenvalue weighted by molar-refractivity contribution is 9.10. The van der Waals surface area contributed by atoms with E-state index in [0.29, 0.717) is 28.1 Å². The third-order valence-electron chi connectivity index (χ3n) is 3.43. The Kier molecular flexibility index (Phi) is 6.51. The quantitative estimate of drug-likeness (QED) is 0.714. The molecule has 0 aromatic heterocycles. The van der Waals surface area contributed by atoms with Crippen molar-refractivity contribution >= 4 is 21.9 Å². The first-order valence-corrected chi connectivity index (χ1v) is 8.24. The van der Waals surface area contributed by atoms with E-state index in [9.17, 15) is 4.79 Å². The third kappa shape index (κ3) is 4.36. The van der Waals surface area contributed by atoms with Crippen molar-refractivity contribution in [2.24, 2.45) is 0 Å². The van der Waals surface area contributed by atoms with Crippen molar-refractivity contribution in [3.63, 3.8) is 0 Å². The maximum atomic E-state index is 12.2. The lowest BCUT2D eigenvalue weighted by atomic mass is 10.1. The van der Waals surface area contributed by atoms with Crippen molar-refractivity contribution in [1.82, 2.24) is 0 Å². The molecule has 2 rings (SSSR count). The molecule has 0 bridgehead atoms.